The topological polar surface area (TPSA) is 23.5 Å². The molecule has 0 spiro atoms. The first-order valence-corrected chi connectivity index (χ1v) is 4.66. The van der Waals surface area contributed by atoms with Crippen molar-refractivity contribution in [3.63, 3.8) is 0 Å². The molecule has 0 saturated heterocycles. The predicted octanol–water partition coefficient (Wildman–Crippen LogP) is 1.10. The summed E-state index contributed by atoms with van der Waals surface area (Å²) in [4.78, 5) is 2.48. The first kappa shape index (κ1) is 9.01. The van der Waals surface area contributed by atoms with E-state index >= 15 is 0 Å². The van der Waals surface area contributed by atoms with Crippen LogP contribution in [0.2, 0.25) is 0 Å². The summed E-state index contributed by atoms with van der Waals surface area (Å²) in [5.74, 6) is 0.598. The van der Waals surface area contributed by atoms with Gasteiger partial charge in [-0.1, -0.05) is 13.8 Å². The lowest BCUT2D eigenvalue weighted by molar-refractivity contribution is 0.0515. The Morgan fingerprint density at radius 2 is 1.82 bits per heavy atom. The molecule has 1 rings (SSSR count). The smallest absolute Gasteiger partial charge is 0.0460 e. The predicted molar refractivity (Wildman–Crippen MR) is 46.5 cm³/mol. The van der Waals surface area contributed by atoms with Crippen molar-refractivity contribution in [1.82, 2.24) is 4.90 Å². The molecule has 0 aromatic heterocycles. The average Bonchev–Trinajstić information content (AvgIpc) is 1.95. The minimum absolute atomic E-state index is 0.387. The number of rotatable bonds is 4. The molecular weight excluding hydrogens is 138 g/mol. The number of aliphatic hydroxyl groups is 1. The maximum atomic E-state index is 8.81. The van der Waals surface area contributed by atoms with Crippen molar-refractivity contribution in [3.05, 3.63) is 0 Å². The van der Waals surface area contributed by atoms with E-state index in [0.29, 0.717) is 12.5 Å². The van der Waals surface area contributed by atoms with Crippen LogP contribution in [0, 0.1) is 5.92 Å². The zero-order valence-electron chi connectivity index (χ0n) is 7.58. The average molecular weight is 157 g/mol. The van der Waals surface area contributed by atoms with Crippen molar-refractivity contribution < 1.29 is 5.11 Å². The van der Waals surface area contributed by atoms with E-state index in [2.05, 4.69) is 18.7 Å². The Morgan fingerprint density at radius 3 is 2.18 bits per heavy atom. The van der Waals surface area contributed by atoms with Crippen molar-refractivity contribution in [2.45, 2.75) is 32.7 Å². The fraction of sp³-hybridized carbons (Fsp3) is 1.00. The van der Waals surface area contributed by atoms with Gasteiger partial charge in [-0.2, -0.15) is 0 Å². The van der Waals surface area contributed by atoms with E-state index in [-0.39, 0.29) is 0 Å². The molecule has 1 aliphatic carbocycles. The first-order chi connectivity index (χ1) is 5.31. The fourth-order valence-electron chi connectivity index (χ4n) is 1.89. The van der Waals surface area contributed by atoms with E-state index in [1.807, 2.05) is 0 Å². The van der Waals surface area contributed by atoms with Crippen LogP contribution in [0.4, 0.5) is 0 Å². The van der Waals surface area contributed by atoms with Gasteiger partial charge in [-0.25, -0.2) is 0 Å². The lowest BCUT2D eigenvalue weighted by Crippen LogP contribution is -2.45. The fourth-order valence-corrected chi connectivity index (χ4v) is 1.89. The summed E-state index contributed by atoms with van der Waals surface area (Å²) in [7, 11) is 0. The Bertz CT molecular complexity index is 106. The third-order valence-electron chi connectivity index (χ3n) is 2.80. The van der Waals surface area contributed by atoms with Gasteiger partial charge in [0.1, 0.15) is 0 Å². The van der Waals surface area contributed by atoms with Crippen LogP contribution in [0.5, 0.6) is 0 Å². The van der Waals surface area contributed by atoms with E-state index in [4.69, 9.17) is 5.11 Å². The number of hydrogen-bond acceptors (Lipinski definition) is 2. The van der Waals surface area contributed by atoms with Gasteiger partial charge in [0, 0.05) is 12.6 Å². The van der Waals surface area contributed by atoms with E-state index < -0.39 is 0 Å². The second kappa shape index (κ2) is 4.07. The van der Waals surface area contributed by atoms with Gasteiger partial charge in [-0.15, -0.1) is 0 Å². The van der Waals surface area contributed by atoms with Gasteiger partial charge in [0.25, 0.3) is 0 Å². The van der Waals surface area contributed by atoms with Crippen molar-refractivity contribution in [1.29, 1.82) is 0 Å². The van der Waals surface area contributed by atoms with Gasteiger partial charge in [-0.05, 0) is 31.8 Å². The zero-order valence-corrected chi connectivity index (χ0v) is 7.58. The van der Waals surface area contributed by atoms with Gasteiger partial charge < -0.3 is 10.0 Å². The van der Waals surface area contributed by atoms with Crippen LogP contribution in [0.25, 0.3) is 0 Å². The second-order valence-electron chi connectivity index (χ2n) is 3.40. The number of hydrogen-bond donors (Lipinski definition) is 1. The molecule has 0 heterocycles. The Hall–Kier alpha value is -0.0800. The third-order valence-corrected chi connectivity index (χ3v) is 2.80. The maximum Gasteiger partial charge on any atom is 0.0460 e. The van der Waals surface area contributed by atoms with Crippen LogP contribution in [-0.4, -0.2) is 35.7 Å². The molecule has 1 saturated carbocycles. The molecule has 2 nitrogen and oxygen atoms in total. The molecule has 0 amide bonds. The Kier molecular flexibility index (Phi) is 3.34. The summed E-state index contributed by atoms with van der Waals surface area (Å²) in [6.45, 7) is 7.10. The van der Waals surface area contributed by atoms with Crippen molar-refractivity contribution >= 4 is 0 Å². The Balaban J connectivity index is 2.19. The molecule has 1 N–H and O–H groups in total. The molecule has 66 valence electrons. The summed E-state index contributed by atoms with van der Waals surface area (Å²) >= 11 is 0. The maximum absolute atomic E-state index is 8.81. The second-order valence-corrected chi connectivity index (χ2v) is 3.40. The molecule has 0 unspecified atom stereocenters. The molecular formula is C9H19NO. The van der Waals surface area contributed by atoms with Crippen LogP contribution >= 0.6 is 0 Å². The van der Waals surface area contributed by atoms with Crippen LogP contribution in [0.1, 0.15) is 26.7 Å². The van der Waals surface area contributed by atoms with Gasteiger partial charge in [0.05, 0.1) is 0 Å². The Labute approximate surface area is 69.2 Å². The van der Waals surface area contributed by atoms with Crippen LogP contribution in [-0.2, 0) is 0 Å². The highest BCUT2D eigenvalue weighted by molar-refractivity contribution is 4.85. The highest BCUT2D eigenvalue weighted by Gasteiger charge is 2.31. The van der Waals surface area contributed by atoms with E-state index in [1.165, 1.54) is 12.8 Å². The quantitative estimate of drug-likeness (QED) is 0.660. The minimum atomic E-state index is 0.387. The van der Waals surface area contributed by atoms with E-state index in [0.717, 1.165) is 19.1 Å². The summed E-state index contributed by atoms with van der Waals surface area (Å²) in [5, 5.41) is 8.81. The van der Waals surface area contributed by atoms with Crippen LogP contribution < -0.4 is 0 Å². The van der Waals surface area contributed by atoms with Crippen molar-refractivity contribution in [2.75, 3.05) is 19.7 Å². The minimum Gasteiger partial charge on any atom is -0.396 e. The SMILES string of the molecule is CCN(CC)[C@H]1C[C@H](CO)C1. The normalized spacial score (nSPS) is 30.5. The van der Waals surface area contributed by atoms with Gasteiger partial charge in [0.2, 0.25) is 0 Å². The van der Waals surface area contributed by atoms with Gasteiger partial charge in [-0.3, -0.25) is 0 Å². The number of aliphatic hydroxyl groups excluding tert-OH is 1. The monoisotopic (exact) mass is 157 g/mol. The molecule has 0 aliphatic heterocycles. The summed E-state index contributed by atoms with van der Waals surface area (Å²) in [6, 6.07) is 0.766. The molecule has 0 atom stereocenters. The van der Waals surface area contributed by atoms with Crippen molar-refractivity contribution in [2.24, 2.45) is 5.92 Å². The molecule has 1 fully saturated rings. The molecule has 0 radical (unpaired) electrons. The molecule has 0 bridgehead atoms. The highest BCUT2D eigenvalue weighted by Crippen LogP contribution is 2.30. The van der Waals surface area contributed by atoms with Crippen LogP contribution in [0.15, 0.2) is 0 Å². The molecule has 11 heavy (non-hydrogen) atoms. The molecule has 1 aliphatic rings. The van der Waals surface area contributed by atoms with Gasteiger partial charge in [0.15, 0.2) is 0 Å². The zero-order chi connectivity index (χ0) is 8.27. The van der Waals surface area contributed by atoms with Crippen LogP contribution in [0.3, 0.4) is 0 Å². The number of nitrogens with zero attached hydrogens (tertiary/aromatic N) is 1. The molecule has 2 heteroatoms. The Morgan fingerprint density at radius 1 is 1.27 bits per heavy atom. The summed E-state index contributed by atoms with van der Waals surface area (Å²) in [6.07, 6.45) is 2.41. The third kappa shape index (κ3) is 1.94. The highest BCUT2D eigenvalue weighted by atomic mass is 16.3. The van der Waals surface area contributed by atoms with Crippen molar-refractivity contribution in [3.8, 4) is 0 Å². The molecule has 0 aromatic rings. The largest absolute Gasteiger partial charge is 0.396 e. The standard InChI is InChI=1S/C9H19NO/c1-3-10(4-2)9-5-8(6-9)7-11/h8-9,11H,3-7H2,1-2H3/t8-,9-. The summed E-state index contributed by atoms with van der Waals surface area (Å²) in [5.41, 5.74) is 0. The lowest BCUT2D eigenvalue weighted by atomic mass is 9.80. The van der Waals surface area contributed by atoms with E-state index in [9.17, 15) is 0 Å². The molecule has 0 aromatic carbocycles. The van der Waals surface area contributed by atoms with E-state index in [1.54, 1.807) is 0 Å². The summed E-state index contributed by atoms with van der Waals surface area (Å²) < 4.78 is 0. The van der Waals surface area contributed by atoms with Gasteiger partial charge >= 0.3 is 0 Å². The lowest BCUT2D eigenvalue weighted by Gasteiger charge is -2.41. The first-order valence-electron chi connectivity index (χ1n) is 4.66.